The van der Waals surface area contributed by atoms with Crippen molar-refractivity contribution in [3.63, 3.8) is 0 Å². The van der Waals surface area contributed by atoms with Crippen LogP contribution in [0.25, 0.3) is 0 Å². The second kappa shape index (κ2) is 6.35. The molecule has 0 bridgehead atoms. The van der Waals surface area contributed by atoms with E-state index in [4.69, 9.17) is 10.00 Å². The Hall–Kier alpha value is -2.62. The zero-order valence-electron chi connectivity index (χ0n) is 10.5. The molecule has 0 spiro atoms. The number of nitrogens with zero attached hydrogens (tertiary/aromatic N) is 2. The predicted molar refractivity (Wildman–Crippen MR) is 66.8 cm³/mol. The van der Waals surface area contributed by atoms with E-state index in [1.807, 2.05) is 6.07 Å². The molecule has 0 heterocycles. The Labute approximate surface area is 109 Å². The first-order chi connectivity index (χ1) is 9.01. The van der Waals surface area contributed by atoms with Gasteiger partial charge < -0.3 is 10.1 Å². The van der Waals surface area contributed by atoms with Crippen LogP contribution in [0.5, 0.6) is 5.75 Å². The maximum atomic E-state index is 11.9. The summed E-state index contributed by atoms with van der Waals surface area (Å²) < 4.78 is 4.87. The highest BCUT2D eigenvalue weighted by atomic mass is 16.6. The number of carbonyl (C=O) groups excluding carboxylic acids is 1. The highest BCUT2D eigenvalue weighted by molar-refractivity contribution is 5.99. The number of methoxy groups -OCH3 is 1. The molecule has 1 aromatic carbocycles. The molecule has 1 amide bonds. The molecule has 100 valence electrons. The summed E-state index contributed by atoms with van der Waals surface area (Å²) in [4.78, 5) is 22.2. The Morgan fingerprint density at radius 3 is 2.84 bits per heavy atom. The maximum absolute atomic E-state index is 11.9. The number of rotatable bonds is 5. The fourth-order valence-corrected chi connectivity index (χ4v) is 1.45. The molecular formula is C12H13N3O4. The predicted octanol–water partition coefficient (Wildman–Crippen LogP) is 1.49. The van der Waals surface area contributed by atoms with Gasteiger partial charge in [-0.1, -0.05) is 6.07 Å². The van der Waals surface area contributed by atoms with Gasteiger partial charge in [-0.25, -0.2) is 0 Å². The summed E-state index contributed by atoms with van der Waals surface area (Å²) in [5.41, 5.74) is -0.471. The molecule has 0 aliphatic heterocycles. The number of amides is 1. The van der Waals surface area contributed by atoms with Gasteiger partial charge in [0.05, 0.1) is 24.0 Å². The van der Waals surface area contributed by atoms with E-state index in [1.54, 1.807) is 6.92 Å². The Morgan fingerprint density at radius 1 is 1.63 bits per heavy atom. The number of nitro benzene ring substituents is 1. The molecule has 7 nitrogen and oxygen atoms in total. The van der Waals surface area contributed by atoms with Crippen LogP contribution < -0.4 is 10.1 Å². The average Bonchev–Trinajstić information content (AvgIpc) is 2.42. The number of nitro groups is 1. The van der Waals surface area contributed by atoms with E-state index in [9.17, 15) is 14.9 Å². The van der Waals surface area contributed by atoms with E-state index in [0.717, 1.165) is 0 Å². The summed E-state index contributed by atoms with van der Waals surface area (Å²) in [5.74, 6) is -0.952. The van der Waals surface area contributed by atoms with Gasteiger partial charge in [0.25, 0.3) is 5.91 Å². The molecule has 0 radical (unpaired) electrons. The van der Waals surface area contributed by atoms with Gasteiger partial charge in [0.15, 0.2) is 5.75 Å². The zero-order valence-corrected chi connectivity index (χ0v) is 10.5. The summed E-state index contributed by atoms with van der Waals surface area (Å²) in [6, 6.07) is 6.20. The molecule has 1 rings (SSSR count). The van der Waals surface area contributed by atoms with E-state index in [2.05, 4.69) is 5.32 Å². The van der Waals surface area contributed by atoms with Gasteiger partial charge in [-0.2, -0.15) is 5.26 Å². The van der Waals surface area contributed by atoms with E-state index in [1.165, 1.54) is 25.3 Å². The third-order valence-corrected chi connectivity index (χ3v) is 2.44. The van der Waals surface area contributed by atoms with Crippen LogP contribution in [-0.4, -0.2) is 24.5 Å². The van der Waals surface area contributed by atoms with Gasteiger partial charge >= 0.3 is 5.69 Å². The number of nitrogens with one attached hydrogen (secondary N) is 1. The Kier molecular flexibility index (Phi) is 4.83. The fraction of sp³-hybridized carbons (Fsp3) is 0.333. The fourth-order valence-electron chi connectivity index (χ4n) is 1.45. The summed E-state index contributed by atoms with van der Waals surface area (Å²) in [7, 11) is 1.29. The van der Waals surface area contributed by atoms with Crippen LogP contribution in [0.15, 0.2) is 18.2 Å². The van der Waals surface area contributed by atoms with Crippen molar-refractivity contribution < 1.29 is 14.5 Å². The Bertz CT molecular complexity index is 536. The van der Waals surface area contributed by atoms with E-state index >= 15 is 0 Å². The molecule has 7 heteroatoms. The standard InChI is InChI=1S/C12H13N3O4/c1-8(6-13)7-14-12(16)9-4-3-5-10(19-2)11(9)15(17)18/h3-5,8H,7H2,1-2H3,(H,14,16). The number of hydrogen-bond acceptors (Lipinski definition) is 5. The van der Waals surface area contributed by atoms with Crippen molar-refractivity contribution >= 4 is 11.6 Å². The summed E-state index contributed by atoms with van der Waals surface area (Å²) in [6.07, 6.45) is 0. The Morgan fingerprint density at radius 2 is 2.32 bits per heavy atom. The lowest BCUT2D eigenvalue weighted by Gasteiger charge is -2.08. The average molecular weight is 263 g/mol. The van der Waals surface area contributed by atoms with Crippen LogP contribution in [0, 0.1) is 27.4 Å². The first-order valence-corrected chi connectivity index (χ1v) is 5.50. The molecule has 0 aromatic heterocycles. The third kappa shape index (κ3) is 3.42. The Balaban J connectivity index is 3.03. The monoisotopic (exact) mass is 263 g/mol. The number of nitriles is 1. The van der Waals surface area contributed by atoms with Crippen LogP contribution in [0.2, 0.25) is 0 Å². The first-order valence-electron chi connectivity index (χ1n) is 5.50. The van der Waals surface area contributed by atoms with Crippen LogP contribution in [-0.2, 0) is 0 Å². The first kappa shape index (κ1) is 14.4. The molecule has 1 aromatic rings. The quantitative estimate of drug-likeness (QED) is 0.640. The van der Waals surface area contributed by atoms with Gasteiger partial charge in [-0.15, -0.1) is 0 Å². The molecule has 0 saturated carbocycles. The minimum atomic E-state index is -0.665. The second-order valence-electron chi connectivity index (χ2n) is 3.85. The number of ether oxygens (including phenoxy) is 1. The molecule has 0 aliphatic rings. The highest BCUT2D eigenvalue weighted by Gasteiger charge is 2.25. The molecule has 0 saturated heterocycles. The third-order valence-electron chi connectivity index (χ3n) is 2.44. The van der Waals surface area contributed by atoms with Crippen molar-refractivity contribution in [3.8, 4) is 11.8 Å². The number of para-hydroxylation sites is 1. The second-order valence-corrected chi connectivity index (χ2v) is 3.85. The summed E-state index contributed by atoms with van der Waals surface area (Å²) in [6.45, 7) is 1.77. The van der Waals surface area contributed by atoms with Crippen molar-refractivity contribution in [2.75, 3.05) is 13.7 Å². The smallest absolute Gasteiger partial charge is 0.323 e. The van der Waals surface area contributed by atoms with Crippen LogP contribution in [0.1, 0.15) is 17.3 Å². The van der Waals surface area contributed by atoms with E-state index in [0.29, 0.717) is 0 Å². The van der Waals surface area contributed by atoms with Gasteiger partial charge in [0.2, 0.25) is 0 Å². The van der Waals surface area contributed by atoms with Gasteiger partial charge in [0.1, 0.15) is 5.56 Å². The number of carbonyl (C=O) groups is 1. The molecule has 19 heavy (non-hydrogen) atoms. The minimum Gasteiger partial charge on any atom is -0.490 e. The van der Waals surface area contributed by atoms with Crippen molar-refractivity contribution in [2.45, 2.75) is 6.92 Å². The van der Waals surface area contributed by atoms with Crippen LogP contribution >= 0.6 is 0 Å². The van der Waals surface area contributed by atoms with Crippen molar-refractivity contribution in [3.05, 3.63) is 33.9 Å². The highest BCUT2D eigenvalue weighted by Crippen LogP contribution is 2.30. The lowest BCUT2D eigenvalue weighted by Crippen LogP contribution is -2.28. The molecule has 0 aliphatic carbocycles. The maximum Gasteiger partial charge on any atom is 0.323 e. The van der Waals surface area contributed by atoms with Crippen molar-refractivity contribution in [1.29, 1.82) is 5.26 Å². The molecule has 1 unspecified atom stereocenters. The summed E-state index contributed by atoms with van der Waals surface area (Å²) >= 11 is 0. The van der Waals surface area contributed by atoms with E-state index in [-0.39, 0.29) is 29.5 Å². The number of benzene rings is 1. The SMILES string of the molecule is COc1cccc(C(=O)NCC(C)C#N)c1[N+](=O)[O-]. The lowest BCUT2D eigenvalue weighted by molar-refractivity contribution is -0.386. The van der Waals surface area contributed by atoms with Crippen molar-refractivity contribution in [2.24, 2.45) is 5.92 Å². The molecular weight excluding hydrogens is 250 g/mol. The van der Waals surface area contributed by atoms with Crippen LogP contribution in [0.4, 0.5) is 5.69 Å². The normalized spacial score (nSPS) is 11.2. The van der Waals surface area contributed by atoms with Crippen molar-refractivity contribution in [1.82, 2.24) is 5.32 Å². The van der Waals surface area contributed by atoms with Gasteiger partial charge in [0, 0.05) is 6.54 Å². The topological polar surface area (TPSA) is 105 Å². The molecule has 1 N–H and O–H groups in total. The van der Waals surface area contributed by atoms with Gasteiger partial charge in [-0.05, 0) is 19.1 Å². The minimum absolute atomic E-state index is 0.0194. The summed E-state index contributed by atoms with van der Waals surface area (Å²) in [5, 5.41) is 22.1. The zero-order chi connectivity index (χ0) is 14.4. The van der Waals surface area contributed by atoms with E-state index < -0.39 is 10.8 Å². The molecule has 1 atom stereocenters. The molecule has 0 fully saturated rings. The van der Waals surface area contributed by atoms with Crippen LogP contribution in [0.3, 0.4) is 0 Å². The largest absolute Gasteiger partial charge is 0.490 e. The van der Waals surface area contributed by atoms with Gasteiger partial charge in [-0.3, -0.25) is 14.9 Å². The lowest BCUT2D eigenvalue weighted by atomic mass is 10.1. The number of hydrogen-bond donors (Lipinski definition) is 1.